The second-order valence-electron chi connectivity index (χ2n) is 3.48. The first-order chi connectivity index (χ1) is 7.22. The van der Waals surface area contributed by atoms with Gasteiger partial charge in [-0.05, 0) is 38.6 Å². The molecule has 6 heteroatoms. The number of anilines is 1. The first kappa shape index (κ1) is 18.5. The number of carbonyl (C=O) groups excluding carboxylic acids is 1. The Kier molecular flexibility index (Phi) is 11.2. The van der Waals surface area contributed by atoms with Gasteiger partial charge in [-0.1, -0.05) is 6.07 Å². The maximum Gasteiger partial charge on any atom is 0.225 e. The molecule has 1 heterocycles. The summed E-state index contributed by atoms with van der Waals surface area (Å²) in [5.74, 6) is 0.636. The van der Waals surface area contributed by atoms with Gasteiger partial charge in [-0.3, -0.25) is 4.79 Å². The van der Waals surface area contributed by atoms with Gasteiger partial charge in [0.15, 0.2) is 0 Å². The van der Waals surface area contributed by atoms with Crippen molar-refractivity contribution in [2.75, 3.05) is 18.9 Å². The molecule has 2 N–H and O–H groups in total. The van der Waals surface area contributed by atoms with Gasteiger partial charge in [-0.2, -0.15) is 0 Å². The number of nitrogens with one attached hydrogen (secondary N) is 2. The van der Waals surface area contributed by atoms with E-state index in [1.807, 2.05) is 26.1 Å². The van der Waals surface area contributed by atoms with Crippen LogP contribution < -0.4 is 10.6 Å². The summed E-state index contributed by atoms with van der Waals surface area (Å²) in [6.07, 6.45) is 3.10. The Hall–Kier alpha value is -0.840. The third-order valence-corrected chi connectivity index (χ3v) is 2.01. The number of hydrogen-bond donors (Lipinski definition) is 2. The molecule has 1 rings (SSSR count). The average Bonchev–Trinajstić information content (AvgIpc) is 2.22. The lowest BCUT2D eigenvalue weighted by Gasteiger charge is -2.04. The summed E-state index contributed by atoms with van der Waals surface area (Å²) in [5, 5.41) is 5.75. The fourth-order valence-corrected chi connectivity index (χ4v) is 1.17. The summed E-state index contributed by atoms with van der Waals surface area (Å²) in [6.45, 7) is 2.82. The highest BCUT2D eigenvalue weighted by Gasteiger charge is 2.01. The monoisotopic (exact) mass is 279 g/mol. The highest BCUT2D eigenvalue weighted by Crippen LogP contribution is 2.04. The molecule has 4 nitrogen and oxygen atoms in total. The Balaban J connectivity index is 0. The largest absolute Gasteiger partial charge is 0.320 e. The zero-order chi connectivity index (χ0) is 11.1. The topological polar surface area (TPSA) is 54.0 Å². The average molecular weight is 280 g/mol. The molecule has 1 aromatic rings. The fraction of sp³-hybridized carbons (Fsp3) is 0.455. The van der Waals surface area contributed by atoms with Crippen molar-refractivity contribution in [2.24, 2.45) is 0 Å². The standard InChI is InChI=1S/C11H17N3O.2ClH/c1-9-5-6-10(13-8-9)14-11(15)4-3-7-12-2;;/h5-6,8,12H,3-4,7H2,1-2H3,(H,13,14,15);2*1H. The van der Waals surface area contributed by atoms with Crippen LogP contribution in [0.25, 0.3) is 0 Å². The van der Waals surface area contributed by atoms with Crippen molar-refractivity contribution < 1.29 is 4.79 Å². The molecule has 0 atom stereocenters. The lowest BCUT2D eigenvalue weighted by Crippen LogP contribution is -2.15. The summed E-state index contributed by atoms with van der Waals surface area (Å²) < 4.78 is 0. The van der Waals surface area contributed by atoms with E-state index in [0.717, 1.165) is 18.5 Å². The normalized spacial score (nSPS) is 8.82. The van der Waals surface area contributed by atoms with E-state index in [0.29, 0.717) is 12.2 Å². The van der Waals surface area contributed by atoms with Crippen LogP contribution in [0.15, 0.2) is 18.3 Å². The van der Waals surface area contributed by atoms with Gasteiger partial charge in [0.05, 0.1) is 0 Å². The molecular formula is C11H19Cl2N3O. The predicted molar refractivity (Wildman–Crippen MR) is 75.3 cm³/mol. The van der Waals surface area contributed by atoms with Gasteiger partial charge in [0.2, 0.25) is 5.91 Å². The molecule has 0 aliphatic heterocycles. The van der Waals surface area contributed by atoms with Crippen molar-refractivity contribution in [1.82, 2.24) is 10.3 Å². The van der Waals surface area contributed by atoms with Crippen LogP contribution in [0.3, 0.4) is 0 Å². The minimum absolute atomic E-state index is 0. The van der Waals surface area contributed by atoms with Crippen LogP contribution in [-0.4, -0.2) is 24.5 Å². The highest BCUT2D eigenvalue weighted by atomic mass is 35.5. The van der Waals surface area contributed by atoms with E-state index in [1.54, 1.807) is 6.20 Å². The van der Waals surface area contributed by atoms with Gasteiger partial charge in [0.25, 0.3) is 0 Å². The molecule has 0 fully saturated rings. The molecule has 0 aliphatic rings. The Morgan fingerprint density at radius 2 is 2.06 bits per heavy atom. The summed E-state index contributed by atoms with van der Waals surface area (Å²) >= 11 is 0. The molecule has 0 saturated heterocycles. The van der Waals surface area contributed by atoms with Gasteiger partial charge in [-0.15, -0.1) is 24.8 Å². The quantitative estimate of drug-likeness (QED) is 0.813. The van der Waals surface area contributed by atoms with Crippen molar-refractivity contribution in [3.8, 4) is 0 Å². The van der Waals surface area contributed by atoms with E-state index in [4.69, 9.17) is 0 Å². The Labute approximate surface area is 114 Å². The first-order valence-electron chi connectivity index (χ1n) is 5.09. The molecule has 0 unspecified atom stereocenters. The molecule has 0 aromatic carbocycles. The predicted octanol–water partition coefficient (Wildman–Crippen LogP) is 2.17. The van der Waals surface area contributed by atoms with Crippen LogP contribution in [0.2, 0.25) is 0 Å². The smallest absolute Gasteiger partial charge is 0.225 e. The number of aromatic nitrogens is 1. The van der Waals surface area contributed by atoms with Gasteiger partial charge >= 0.3 is 0 Å². The van der Waals surface area contributed by atoms with Crippen molar-refractivity contribution in [1.29, 1.82) is 0 Å². The molecule has 17 heavy (non-hydrogen) atoms. The van der Waals surface area contributed by atoms with E-state index in [1.165, 1.54) is 0 Å². The Morgan fingerprint density at radius 1 is 1.35 bits per heavy atom. The zero-order valence-electron chi connectivity index (χ0n) is 10.0. The summed E-state index contributed by atoms with van der Waals surface area (Å²) in [7, 11) is 1.87. The number of hydrogen-bond acceptors (Lipinski definition) is 3. The van der Waals surface area contributed by atoms with Gasteiger partial charge in [-0.25, -0.2) is 4.98 Å². The Bertz CT molecular complexity index is 317. The minimum Gasteiger partial charge on any atom is -0.320 e. The third kappa shape index (κ3) is 7.96. The molecule has 98 valence electrons. The number of nitrogens with zero attached hydrogens (tertiary/aromatic N) is 1. The van der Waals surface area contributed by atoms with Gasteiger partial charge < -0.3 is 10.6 Å². The molecule has 0 spiro atoms. The summed E-state index contributed by atoms with van der Waals surface area (Å²) in [4.78, 5) is 15.5. The van der Waals surface area contributed by atoms with Crippen molar-refractivity contribution >= 4 is 36.5 Å². The zero-order valence-corrected chi connectivity index (χ0v) is 11.7. The van der Waals surface area contributed by atoms with Crippen LogP contribution in [0.5, 0.6) is 0 Å². The minimum atomic E-state index is 0. The molecule has 0 saturated carbocycles. The number of carbonyl (C=O) groups is 1. The summed E-state index contributed by atoms with van der Waals surface area (Å²) in [6, 6.07) is 3.74. The van der Waals surface area contributed by atoms with E-state index >= 15 is 0 Å². The molecule has 1 aromatic heterocycles. The van der Waals surface area contributed by atoms with Crippen molar-refractivity contribution in [3.63, 3.8) is 0 Å². The van der Waals surface area contributed by atoms with Crippen LogP contribution in [-0.2, 0) is 4.79 Å². The van der Waals surface area contributed by atoms with E-state index < -0.39 is 0 Å². The second kappa shape index (κ2) is 10.3. The first-order valence-corrected chi connectivity index (χ1v) is 5.09. The second-order valence-corrected chi connectivity index (χ2v) is 3.48. The highest BCUT2D eigenvalue weighted by molar-refractivity contribution is 5.89. The van der Waals surface area contributed by atoms with Crippen LogP contribution in [0.4, 0.5) is 5.82 Å². The molecule has 0 aliphatic carbocycles. The maximum atomic E-state index is 11.4. The number of aryl methyl sites for hydroxylation is 1. The number of pyridine rings is 1. The van der Waals surface area contributed by atoms with Gasteiger partial charge in [0.1, 0.15) is 5.82 Å². The lowest BCUT2D eigenvalue weighted by atomic mass is 10.3. The van der Waals surface area contributed by atoms with Crippen LogP contribution in [0, 0.1) is 6.92 Å². The lowest BCUT2D eigenvalue weighted by molar-refractivity contribution is -0.116. The summed E-state index contributed by atoms with van der Waals surface area (Å²) in [5.41, 5.74) is 1.09. The van der Waals surface area contributed by atoms with Crippen molar-refractivity contribution in [2.45, 2.75) is 19.8 Å². The number of halogens is 2. The van der Waals surface area contributed by atoms with Crippen LogP contribution >= 0.6 is 24.8 Å². The van der Waals surface area contributed by atoms with E-state index in [9.17, 15) is 4.79 Å². The SMILES string of the molecule is CNCCCC(=O)Nc1ccc(C)cn1.Cl.Cl. The molecular weight excluding hydrogens is 261 g/mol. The van der Waals surface area contributed by atoms with E-state index in [2.05, 4.69) is 15.6 Å². The Morgan fingerprint density at radius 3 is 2.59 bits per heavy atom. The number of amides is 1. The molecule has 0 radical (unpaired) electrons. The third-order valence-electron chi connectivity index (χ3n) is 2.01. The number of rotatable bonds is 5. The fourth-order valence-electron chi connectivity index (χ4n) is 1.17. The van der Waals surface area contributed by atoms with Gasteiger partial charge in [0, 0.05) is 12.6 Å². The van der Waals surface area contributed by atoms with Crippen LogP contribution in [0.1, 0.15) is 18.4 Å². The maximum absolute atomic E-state index is 11.4. The molecule has 1 amide bonds. The molecule has 0 bridgehead atoms. The van der Waals surface area contributed by atoms with E-state index in [-0.39, 0.29) is 30.7 Å². The van der Waals surface area contributed by atoms with Crippen molar-refractivity contribution in [3.05, 3.63) is 23.9 Å².